The van der Waals surface area contributed by atoms with Gasteiger partial charge in [-0.2, -0.15) is 0 Å². The first-order chi connectivity index (χ1) is 17.5. The van der Waals surface area contributed by atoms with Crippen molar-refractivity contribution in [3.8, 4) is 5.75 Å². The summed E-state index contributed by atoms with van der Waals surface area (Å²) in [6.07, 6.45) is 2.71. The minimum Gasteiger partial charge on any atom is -0.496 e. The molecule has 3 aromatic rings. The van der Waals surface area contributed by atoms with Gasteiger partial charge in [0.2, 0.25) is 0 Å². The summed E-state index contributed by atoms with van der Waals surface area (Å²) >= 11 is 0. The van der Waals surface area contributed by atoms with E-state index in [1.807, 2.05) is 18.2 Å². The highest BCUT2D eigenvalue weighted by atomic mass is 16.5. The van der Waals surface area contributed by atoms with Gasteiger partial charge in [0.05, 0.1) is 12.8 Å². The average Bonchev–Trinajstić information content (AvgIpc) is 3.40. The fourth-order valence-corrected chi connectivity index (χ4v) is 6.62. The number of rotatable bonds is 6. The van der Waals surface area contributed by atoms with Crippen molar-refractivity contribution in [1.29, 1.82) is 0 Å². The van der Waals surface area contributed by atoms with Gasteiger partial charge in [-0.25, -0.2) is 0 Å². The van der Waals surface area contributed by atoms with E-state index in [9.17, 15) is 14.7 Å². The molecule has 6 heteroatoms. The smallest absolute Gasteiger partial charge is 0.264 e. The minimum absolute atomic E-state index is 0.0119. The Labute approximate surface area is 211 Å². The average molecular weight is 485 g/mol. The SMILES string of the molecule is CCC(=O)CC1(O)C(=O)N(C2CCN(C3Cc4cccc5ccc(OC)c3c45)CC2)c2ccccc21. The molecule has 0 bridgehead atoms. The van der Waals surface area contributed by atoms with Crippen LogP contribution in [0.5, 0.6) is 5.75 Å². The van der Waals surface area contributed by atoms with Crippen molar-refractivity contribution < 1.29 is 19.4 Å². The van der Waals surface area contributed by atoms with Crippen LogP contribution >= 0.6 is 0 Å². The van der Waals surface area contributed by atoms with Crippen molar-refractivity contribution in [3.63, 3.8) is 0 Å². The number of likely N-dealkylation sites (tertiary alicyclic amines) is 1. The third-order valence-corrected chi connectivity index (χ3v) is 8.43. The van der Waals surface area contributed by atoms with Crippen LogP contribution in [-0.4, -0.2) is 47.9 Å². The number of nitrogens with zero attached hydrogens (tertiary/aromatic N) is 2. The fourth-order valence-electron chi connectivity index (χ4n) is 6.62. The number of fused-ring (bicyclic) bond motifs is 1. The highest BCUT2D eigenvalue weighted by molar-refractivity contribution is 6.09. The molecule has 1 fully saturated rings. The van der Waals surface area contributed by atoms with E-state index in [0.29, 0.717) is 12.0 Å². The molecule has 3 aliphatic rings. The van der Waals surface area contributed by atoms with Gasteiger partial charge in [-0.05, 0) is 47.7 Å². The summed E-state index contributed by atoms with van der Waals surface area (Å²) < 4.78 is 5.78. The largest absolute Gasteiger partial charge is 0.496 e. The quantitative estimate of drug-likeness (QED) is 0.557. The maximum absolute atomic E-state index is 13.6. The lowest BCUT2D eigenvalue weighted by atomic mass is 9.89. The maximum Gasteiger partial charge on any atom is 0.264 e. The fraction of sp³-hybridized carbons (Fsp3) is 0.400. The van der Waals surface area contributed by atoms with Crippen molar-refractivity contribution in [1.82, 2.24) is 4.90 Å². The number of carbonyl (C=O) groups is 2. The van der Waals surface area contributed by atoms with E-state index in [-0.39, 0.29) is 30.2 Å². The Morgan fingerprint density at radius 2 is 1.86 bits per heavy atom. The minimum atomic E-state index is -1.77. The molecule has 6 nitrogen and oxygen atoms in total. The molecule has 0 saturated carbocycles. The molecule has 1 saturated heterocycles. The van der Waals surface area contributed by atoms with Crippen molar-refractivity contribution >= 4 is 28.2 Å². The van der Waals surface area contributed by atoms with Gasteiger partial charge >= 0.3 is 0 Å². The number of ketones is 1. The molecule has 2 heterocycles. The number of piperidine rings is 1. The molecule has 1 amide bonds. The zero-order valence-corrected chi connectivity index (χ0v) is 20.9. The number of anilines is 1. The van der Waals surface area contributed by atoms with E-state index in [1.54, 1.807) is 25.0 Å². The third-order valence-electron chi connectivity index (χ3n) is 8.43. The molecule has 2 unspecified atom stereocenters. The molecule has 3 aromatic carbocycles. The molecule has 36 heavy (non-hydrogen) atoms. The summed E-state index contributed by atoms with van der Waals surface area (Å²) in [7, 11) is 1.74. The van der Waals surface area contributed by atoms with Gasteiger partial charge in [0.25, 0.3) is 5.91 Å². The van der Waals surface area contributed by atoms with E-state index in [4.69, 9.17) is 4.74 Å². The topological polar surface area (TPSA) is 70.1 Å². The zero-order chi connectivity index (χ0) is 25.0. The predicted molar refractivity (Wildman–Crippen MR) is 139 cm³/mol. The number of hydrogen-bond donors (Lipinski definition) is 1. The van der Waals surface area contributed by atoms with Gasteiger partial charge in [0.15, 0.2) is 5.60 Å². The van der Waals surface area contributed by atoms with Gasteiger partial charge in [-0.15, -0.1) is 0 Å². The first-order valence-corrected chi connectivity index (χ1v) is 13.0. The number of hydrogen-bond acceptors (Lipinski definition) is 5. The molecule has 186 valence electrons. The van der Waals surface area contributed by atoms with Gasteiger partial charge < -0.3 is 14.7 Å². The molecular formula is C30H32N2O4. The lowest BCUT2D eigenvalue weighted by Gasteiger charge is -2.40. The van der Waals surface area contributed by atoms with Crippen molar-refractivity contribution in [2.75, 3.05) is 25.1 Å². The number of methoxy groups -OCH3 is 1. The molecule has 2 aliphatic heterocycles. The normalized spacial score (nSPS) is 23.9. The second-order valence-electron chi connectivity index (χ2n) is 10.3. The number of benzene rings is 3. The summed E-state index contributed by atoms with van der Waals surface area (Å²) in [4.78, 5) is 30.2. The maximum atomic E-state index is 13.6. The van der Waals surface area contributed by atoms with E-state index >= 15 is 0 Å². The van der Waals surface area contributed by atoms with Crippen LogP contribution in [0.3, 0.4) is 0 Å². The molecule has 0 radical (unpaired) electrons. The molecule has 6 rings (SSSR count). The Kier molecular flexibility index (Phi) is 5.61. The summed E-state index contributed by atoms with van der Waals surface area (Å²) in [6.45, 7) is 3.46. The van der Waals surface area contributed by atoms with Crippen LogP contribution in [0.15, 0.2) is 54.6 Å². The Balaban J connectivity index is 1.25. The molecular weight excluding hydrogens is 452 g/mol. The number of para-hydroxylation sites is 1. The van der Waals surface area contributed by atoms with Gasteiger partial charge in [-0.3, -0.25) is 14.5 Å². The Hall–Kier alpha value is -3.22. The monoisotopic (exact) mass is 484 g/mol. The highest BCUT2D eigenvalue weighted by Gasteiger charge is 2.52. The van der Waals surface area contributed by atoms with Crippen LogP contribution in [0.25, 0.3) is 10.8 Å². The second-order valence-corrected chi connectivity index (χ2v) is 10.3. The van der Waals surface area contributed by atoms with Crippen LogP contribution in [0.2, 0.25) is 0 Å². The molecule has 2 atom stereocenters. The Morgan fingerprint density at radius 3 is 2.61 bits per heavy atom. The Morgan fingerprint density at radius 1 is 1.08 bits per heavy atom. The second kappa shape index (κ2) is 8.71. The van der Waals surface area contributed by atoms with Crippen LogP contribution in [0, 0.1) is 0 Å². The van der Waals surface area contributed by atoms with E-state index in [0.717, 1.165) is 43.8 Å². The molecule has 1 aliphatic carbocycles. The van der Waals surface area contributed by atoms with Gasteiger partial charge in [0, 0.05) is 49.1 Å². The summed E-state index contributed by atoms with van der Waals surface area (Å²) in [5.41, 5.74) is 2.17. The number of aliphatic hydroxyl groups is 1. The number of Topliss-reactive ketones (excluding diaryl/α,β-unsaturated/α-hetero) is 1. The van der Waals surface area contributed by atoms with Crippen LogP contribution in [0.1, 0.15) is 55.3 Å². The van der Waals surface area contributed by atoms with Crippen molar-refractivity contribution in [2.24, 2.45) is 0 Å². The van der Waals surface area contributed by atoms with Crippen molar-refractivity contribution in [3.05, 3.63) is 71.3 Å². The summed E-state index contributed by atoms with van der Waals surface area (Å²) in [5.74, 6) is 0.471. The van der Waals surface area contributed by atoms with Crippen LogP contribution < -0.4 is 9.64 Å². The Bertz CT molecular complexity index is 1360. The lowest BCUT2D eigenvalue weighted by molar-refractivity contribution is -0.142. The predicted octanol–water partition coefficient (Wildman–Crippen LogP) is 4.51. The van der Waals surface area contributed by atoms with Gasteiger partial charge in [-0.1, -0.05) is 49.4 Å². The molecule has 0 spiro atoms. The van der Waals surface area contributed by atoms with Gasteiger partial charge in [0.1, 0.15) is 11.5 Å². The summed E-state index contributed by atoms with van der Waals surface area (Å²) in [5, 5.41) is 14.0. The van der Waals surface area contributed by atoms with Crippen LogP contribution in [-0.2, 0) is 21.6 Å². The lowest BCUT2D eigenvalue weighted by Crippen LogP contribution is -2.50. The van der Waals surface area contributed by atoms with E-state index in [1.165, 1.54) is 21.9 Å². The number of ether oxygens (including phenoxy) is 1. The number of carbonyl (C=O) groups excluding carboxylic acids is 2. The van der Waals surface area contributed by atoms with E-state index in [2.05, 4.69) is 35.2 Å². The van der Waals surface area contributed by atoms with Crippen molar-refractivity contribution in [2.45, 2.75) is 56.7 Å². The zero-order valence-electron chi connectivity index (χ0n) is 20.9. The standard InChI is InChI=1S/C30H32N2O4/c1-3-22(33)18-30(35)23-9-4-5-10-24(23)32(29(30)34)21-13-15-31(16-14-21)25-17-20-8-6-7-19-11-12-26(36-2)28(25)27(19)20/h4-12,21,25,35H,3,13-18H2,1-2H3. The summed E-state index contributed by atoms with van der Waals surface area (Å²) in [6, 6.07) is 18.4. The third kappa shape index (κ3) is 3.39. The number of amides is 1. The highest BCUT2D eigenvalue weighted by Crippen LogP contribution is 2.48. The molecule has 0 aromatic heterocycles. The molecule has 1 N–H and O–H groups in total. The van der Waals surface area contributed by atoms with Crippen LogP contribution in [0.4, 0.5) is 5.69 Å². The first-order valence-electron chi connectivity index (χ1n) is 13.0. The van der Waals surface area contributed by atoms with E-state index < -0.39 is 5.60 Å². The first kappa shape index (κ1) is 23.2.